The fraction of sp³-hybridized carbons (Fsp3) is 0.438. The van der Waals surface area contributed by atoms with Crippen LogP contribution in [0.25, 0.3) is 0 Å². The molecule has 0 bridgehead atoms. The Bertz CT molecular complexity index is 667. The van der Waals surface area contributed by atoms with E-state index in [1.165, 1.54) is 12.1 Å². The quantitative estimate of drug-likeness (QED) is 0.809. The van der Waals surface area contributed by atoms with Crippen LogP contribution in [-0.2, 0) is 14.3 Å². The van der Waals surface area contributed by atoms with Crippen molar-refractivity contribution in [1.29, 1.82) is 5.26 Å². The van der Waals surface area contributed by atoms with E-state index in [2.05, 4.69) is 10.6 Å². The Morgan fingerprint density at radius 3 is 2.74 bits per heavy atom. The van der Waals surface area contributed by atoms with Crippen LogP contribution in [0.15, 0.2) is 18.2 Å². The van der Waals surface area contributed by atoms with Gasteiger partial charge in [-0.15, -0.1) is 0 Å². The zero-order valence-corrected chi connectivity index (χ0v) is 13.0. The molecule has 1 aromatic rings. The summed E-state index contributed by atoms with van der Waals surface area (Å²) >= 11 is 0. The molecule has 122 valence electrons. The standard InChI is InChI=1S/C16H18FN3O3/c1-16(2)9-23-6-5-13(16)20-15(22)14(21)19-11-4-3-10(8-18)12(17)7-11/h3-4,7,13H,5-6,9H2,1-2H3,(H,19,21)(H,20,22). The van der Waals surface area contributed by atoms with Crippen molar-refractivity contribution < 1.29 is 18.7 Å². The van der Waals surface area contributed by atoms with Crippen molar-refractivity contribution in [2.45, 2.75) is 26.3 Å². The van der Waals surface area contributed by atoms with E-state index in [-0.39, 0.29) is 22.7 Å². The number of rotatable bonds is 2. The minimum atomic E-state index is -0.878. The molecule has 0 saturated carbocycles. The summed E-state index contributed by atoms with van der Waals surface area (Å²) < 4.78 is 18.9. The lowest BCUT2D eigenvalue weighted by molar-refractivity contribution is -0.138. The number of halogens is 1. The topological polar surface area (TPSA) is 91.2 Å². The monoisotopic (exact) mass is 319 g/mol. The average molecular weight is 319 g/mol. The number of nitrogens with one attached hydrogen (secondary N) is 2. The van der Waals surface area contributed by atoms with Gasteiger partial charge in [-0.05, 0) is 24.6 Å². The van der Waals surface area contributed by atoms with Gasteiger partial charge in [-0.3, -0.25) is 9.59 Å². The largest absolute Gasteiger partial charge is 0.381 e. The second kappa shape index (κ2) is 6.75. The predicted octanol–water partition coefficient (Wildman–Crippen LogP) is 1.57. The first-order valence-corrected chi connectivity index (χ1v) is 7.23. The third-order valence-electron chi connectivity index (χ3n) is 3.83. The summed E-state index contributed by atoms with van der Waals surface area (Å²) in [5.74, 6) is -2.41. The van der Waals surface area contributed by atoms with Crippen molar-refractivity contribution in [3.05, 3.63) is 29.6 Å². The molecule has 7 heteroatoms. The van der Waals surface area contributed by atoms with Gasteiger partial charge in [0.05, 0.1) is 12.2 Å². The van der Waals surface area contributed by atoms with E-state index in [1.54, 1.807) is 6.07 Å². The van der Waals surface area contributed by atoms with Crippen LogP contribution in [0.2, 0.25) is 0 Å². The number of hydrogen-bond donors (Lipinski definition) is 2. The summed E-state index contributed by atoms with van der Waals surface area (Å²) in [4.78, 5) is 23.9. The van der Waals surface area contributed by atoms with Crippen LogP contribution in [0.3, 0.4) is 0 Å². The summed E-state index contributed by atoms with van der Waals surface area (Å²) in [6, 6.07) is 5.12. The van der Waals surface area contributed by atoms with Crippen LogP contribution in [-0.4, -0.2) is 31.1 Å². The lowest BCUT2D eigenvalue weighted by atomic mass is 9.82. The molecule has 1 aliphatic heterocycles. The lowest BCUT2D eigenvalue weighted by Crippen LogP contribution is -2.52. The number of carbonyl (C=O) groups excluding carboxylic acids is 2. The summed E-state index contributed by atoms with van der Waals surface area (Å²) in [6.07, 6.45) is 0.623. The van der Waals surface area contributed by atoms with Gasteiger partial charge in [-0.1, -0.05) is 13.8 Å². The van der Waals surface area contributed by atoms with Gasteiger partial charge in [0.25, 0.3) is 0 Å². The smallest absolute Gasteiger partial charge is 0.313 e. The maximum Gasteiger partial charge on any atom is 0.313 e. The van der Waals surface area contributed by atoms with Gasteiger partial charge in [-0.25, -0.2) is 4.39 Å². The minimum Gasteiger partial charge on any atom is -0.381 e. The Morgan fingerprint density at radius 2 is 2.13 bits per heavy atom. The number of benzene rings is 1. The maximum absolute atomic E-state index is 13.5. The summed E-state index contributed by atoms with van der Waals surface area (Å²) in [7, 11) is 0. The Labute approximate surface area is 133 Å². The molecule has 6 nitrogen and oxygen atoms in total. The number of nitriles is 1. The van der Waals surface area contributed by atoms with Crippen LogP contribution in [0.5, 0.6) is 0 Å². The first-order valence-electron chi connectivity index (χ1n) is 7.23. The highest BCUT2D eigenvalue weighted by molar-refractivity contribution is 6.39. The van der Waals surface area contributed by atoms with Crippen molar-refractivity contribution in [2.75, 3.05) is 18.5 Å². The van der Waals surface area contributed by atoms with Crippen LogP contribution >= 0.6 is 0 Å². The first-order chi connectivity index (χ1) is 10.8. The van der Waals surface area contributed by atoms with Crippen LogP contribution in [0.1, 0.15) is 25.8 Å². The highest BCUT2D eigenvalue weighted by atomic mass is 19.1. The normalized spacial score (nSPS) is 19.5. The van der Waals surface area contributed by atoms with Crippen molar-refractivity contribution >= 4 is 17.5 Å². The average Bonchev–Trinajstić information content (AvgIpc) is 2.49. The van der Waals surface area contributed by atoms with Crippen molar-refractivity contribution in [1.82, 2.24) is 5.32 Å². The molecule has 0 spiro atoms. The van der Waals surface area contributed by atoms with Crippen LogP contribution in [0.4, 0.5) is 10.1 Å². The first kappa shape index (κ1) is 16.9. The van der Waals surface area contributed by atoms with Gasteiger partial charge in [-0.2, -0.15) is 5.26 Å². The van der Waals surface area contributed by atoms with E-state index in [9.17, 15) is 14.0 Å². The Balaban J connectivity index is 1.99. The Hall–Kier alpha value is -2.46. The van der Waals surface area contributed by atoms with Gasteiger partial charge >= 0.3 is 11.8 Å². The number of amides is 2. The molecule has 23 heavy (non-hydrogen) atoms. The molecular weight excluding hydrogens is 301 g/mol. The molecule has 0 aliphatic carbocycles. The predicted molar refractivity (Wildman–Crippen MR) is 80.9 cm³/mol. The van der Waals surface area contributed by atoms with Crippen molar-refractivity contribution in [2.24, 2.45) is 5.41 Å². The number of carbonyl (C=O) groups is 2. The molecule has 0 aromatic heterocycles. The van der Waals surface area contributed by atoms with E-state index in [0.717, 1.165) is 6.07 Å². The highest BCUT2D eigenvalue weighted by Crippen LogP contribution is 2.27. The summed E-state index contributed by atoms with van der Waals surface area (Å²) in [5.41, 5.74) is -0.279. The number of anilines is 1. The SMILES string of the molecule is CC1(C)COCCC1NC(=O)C(=O)Nc1ccc(C#N)c(F)c1. The molecule has 1 aliphatic rings. The number of hydrogen-bond acceptors (Lipinski definition) is 4. The molecule has 1 unspecified atom stereocenters. The molecule has 1 aromatic carbocycles. The zero-order valence-electron chi connectivity index (χ0n) is 13.0. The van der Waals surface area contributed by atoms with E-state index >= 15 is 0 Å². The summed E-state index contributed by atoms with van der Waals surface area (Å²) in [5, 5.41) is 13.7. The van der Waals surface area contributed by atoms with E-state index < -0.39 is 17.6 Å². The molecule has 1 fully saturated rings. The lowest BCUT2D eigenvalue weighted by Gasteiger charge is -2.38. The van der Waals surface area contributed by atoms with Gasteiger partial charge in [0.2, 0.25) is 0 Å². The molecule has 1 saturated heterocycles. The van der Waals surface area contributed by atoms with E-state index in [0.29, 0.717) is 19.6 Å². The second-order valence-corrected chi connectivity index (χ2v) is 6.12. The molecule has 2 amide bonds. The third kappa shape index (κ3) is 4.05. The van der Waals surface area contributed by atoms with Crippen molar-refractivity contribution in [3.63, 3.8) is 0 Å². The zero-order chi connectivity index (χ0) is 17.0. The number of nitrogens with zero attached hydrogens (tertiary/aromatic N) is 1. The van der Waals surface area contributed by atoms with Crippen LogP contribution in [0, 0.1) is 22.6 Å². The molecule has 0 radical (unpaired) electrons. The molecule has 2 rings (SSSR count). The molecule has 1 atom stereocenters. The molecule has 2 N–H and O–H groups in total. The van der Waals surface area contributed by atoms with Gasteiger partial charge in [0, 0.05) is 23.8 Å². The Kier molecular flexibility index (Phi) is 4.96. The van der Waals surface area contributed by atoms with Gasteiger partial charge < -0.3 is 15.4 Å². The Morgan fingerprint density at radius 1 is 1.39 bits per heavy atom. The molecule has 1 heterocycles. The van der Waals surface area contributed by atoms with E-state index in [4.69, 9.17) is 10.00 Å². The maximum atomic E-state index is 13.5. The number of ether oxygens (including phenoxy) is 1. The van der Waals surface area contributed by atoms with Gasteiger partial charge in [0.15, 0.2) is 0 Å². The molecular formula is C16H18FN3O3. The fourth-order valence-electron chi connectivity index (χ4n) is 2.39. The minimum absolute atomic E-state index is 0.118. The second-order valence-electron chi connectivity index (χ2n) is 6.12. The fourth-order valence-corrected chi connectivity index (χ4v) is 2.39. The highest BCUT2D eigenvalue weighted by Gasteiger charge is 2.35. The van der Waals surface area contributed by atoms with Crippen LogP contribution < -0.4 is 10.6 Å². The van der Waals surface area contributed by atoms with E-state index in [1.807, 2.05) is 13.8 Å². The van der Waals surface area contributed by atoms with Crippen molar-refractivity contribution in [3.8, 4) is 6.07 Å². The third-order valence-corrected chi connectivity index (χ3v) is 3.83. The van der Waals surface area contributed by atoms with Gasteiger partial charge in [0.1, 0.15) is 11.9 Å². The summed E-state index contributed by atoms with van der Waals surface area (Å²) in [6.45, 7) is 4.92.